The van der Waals surface area contributed by atoms with Crippen LogP contribution >= 0.6 is 0 Å². The van der Waals surface area contributed by atoms with Crippen LogP contribution in [0.2, 0.25) is 0 Å². The molecule has 0 saturated carbocycles. The van der Waals surface area contributed by atoms with E-state index in [0.29, 0.717) is 6.61 Å². The quantitative estimate of drug-likeness (QED) is 0.731. The van der Waals surface area contributed by atoms with Crippen LogP contribution in [0.3, 0.4) is 0 Å². The SMILES string of the molecule is CCOc1ccc(C)cc1OCC(F)(F)C(F)F. The Balaban J connectivity index is 2.80. The van der Waals surface area contributed by atoms with Crippen molar-refractivity contribution in [3.8, 4) is 11.5 Å². The molecular weight excluding hydrogens is 252 g/mol. The lowest BCUT2D eigenvalue weighted by molar-refractivity contribution is -0.148. The first kappa shape index (κ1) is 14.6. The molecular formula is C12H14F4O2. The van der Waals surface area contributed by atoms with E-state index in [4.69, 9.17) is 9.47 Å². The number of halogens is 4. The Morgan fingerprint density at radius 1 is 1.17 bits per heavy atom. The van der Waals surface area contributed by atoms with Gasteiger partial charge < -0.3 is 9.47 Å². The fourth-order valence-corrected chi connectivity index (χ4v) is 1.24. The van der Waals surface area contributed by atoms with Gasteiger partial charge >= 0.3 is 12.3 Å². The van der Waals surface area contributed by atoms with Crippen molar-refractivity contribution in [2.75, 3.05) is 13.2 Å². The zero-order chi connectivity index (χ0) is 13.8. The minimum atomic E-state index is -4.17. The second kappa shape index (κ2) is 5.93. The Morgan fingerprint density at radius 2 is 1.83 bits per heavy atom. The minimum absolute atomic E-state index is 0.0391. The number of benzene rings is 1. The van der Waals surface area contributed by atoms with Crippen LogP contribution < -0.4 is 9.47 Å². The van der Waals surface area contributed by atoms with Gasteiger partial charge in [0.05, 0.1) is 6.61 Å². The van der Waals surface area contributed by atoms with Gasteiger partial charge in [-0.25, -0.2) is 8.78 Å². The van der Waals surface area contributed by atoms with Gasteiger partial charge in [0.1, 0.15) is 0 Å². The van der Waals surface area contributed by atoms with E-state index in [1.54, 1.807) is 26.0 Å². The molecule has 0 bridgehead atoms. The van der Waals surface area contributed by atoms with Gasteiger partial charge in [0.2, 0.25) is 0 Å². The summed E-state index contributed by atoms with van der Waals surface area (Å²) in [6.07, 6.45) is -3.75. The molecule has 0 aliphatic rings. The molecule has 18 heavy (non-hydrogen) atoms. The summed E-state index contributed by atoms with van der Waals surface area (Å²) in [7, 11) is 0. The maximum atomic E-state index is 12.7. The highest BCUT2D eigenvalue weighted by Gasteiger charge is 2.41. The lowest BCUT2D eigenvalue weighted by Gasteiger charge is -2.18. The summed E-state index contributed by atoms with van der Waals surface area (Å²) in [5.74, 6) is -3.88. The van der Waals surface area contributed by atoms with Crippen LogP contribution in [-0.2, 0) is 0 Å². The summed E-state index contributed by atoms with van der Waals surface area (Å²) < 4.78 is 59.3. The lowest BCUT2D eigenvalue weighted by atomic mass is 10.2. The van der Waals surface area contributed by atoms with Crippen LogP contribution in [0.5, 0.6) is 11.5 Å². The van der Waals surface area contributed by atoms with Gasteiger partial charge in [-0.15, -0.1) is 0 Å². The van der Waals surface area contributed by atoms with Crippen LogP contribution in [0.4, 0.5) is 17.6 Å². The van der Waals surface area contributed by atoms with E-state index < -0.39 is 19.0 Å². The second-order valence-corrected chi connectivity index (χ2v) is 3.73. The summed E-state index contributed by atoms with van der Waals surface area (Å²) in [5, 5.41) is 0. The van der Waals surface area contributed by atoms with E-state index in [-0.39, 0.29) is 11.5 Å². The van der Waals surface area contributed by atoms with Crippen molar-refractivity contribution in [1.82, 2.24) is 0 Å². The Hall–Kier alpha value is -1.46. The van der Waals surface area contributed by atoms with Crippen molar-refractivity contribution in [1.29, 1.82) is 0 Å². The van der Waals surface area contributed by atoms with Gasteiger partial charge in [-0.05, 0) is 31.5 Å². The smallest absolute Gasteiger partial charge is 0.340 e. The molecule has 0 fully saturated rings. The second-order valence-electron chi connectivity index (χ2n) is 3.73. The lowest BCUT2D eigenvalue weighted by Crippen LogP contribution is -2.33. The van der Waals surface area contributed by atoms with Crippen LogP contribution in [0.1, 0.15) is 12.5 Å². The molecule has 0 aliphatic carbocycles. The Morgan fingerprint density at radius 3 is 2.39 bits per heavy atom. The van der Waals surface area contributed by atoms with Gasteiger partial charge in [-0.3, -0.25) is 0 Å². The van der Waals surface area contributed by atoms with E-state index in [0.717, 1.165) is 5.56 Å². The van der Waals surface area contributed by atoms with Crippen molar-refractivity contribution in [2.24, 2.45) is 0 Å². The average molecular weight is 266 g/mol. The van der Waals surface area contributed by atoms with E-state index in [1.165, 1.54) is 6.07 Å². The topological polar surface area (TPSA) is 18.5 Å². The summed E-state index contributed by atoms with van der Waals surface area (Å²) >= 11 is 0. The molecule has 0 aliphatic heterocycles. The molecule has 0 saturated heterocycles. The predicted molar refractivity (Wildman–Crippen MR) is 58.8 cm³/mol. The van der Waals surface area contributed by atoms with Gasteiger partial charge in [0.15, 0.2) is 18.1 Å². The zero-order valence-electron chi connectivity index (χ0n) is 10.1. The Bertz CT molecular complexity index is 394. The third-order valence-corrected chi connectivity index (χ3v) is 2.14. The first-order valence-corrected chi connectivity index (χ1v) is 5.39. The molecule has 1 aromatic carbocycles. The molecule has 0 N–H and O–H groups in total. The van der Waals surface area contributed by atoms with Crippen molar-refractivity contribution < 1.29 is 27.0 Å². The number of rotatable bonds is 6. The predicted octanol–water partition coefficient (Wildman–Crippen LogP) is 3.67. The van der Waals surface area contributed by atoms with Gasteiger partial charge in [-0.2, -0.15) is 8.78 Å². The van der Waals surface area contributed by atoms with Crippen molar-refractivity contribution >= 4 is 0 Å². The number of hydrogen-bond acceptors (Lipinski definition) is 2. The molecule has 0 spiro atoms. The number of ether oxygens (including phenoxy) is 2. The van der Waals surface area contributed by atoms with Crippen LogP contribution in [0.15, 0.2) is 18.2 Å². The normalized spacial score (nSPS) is 11.7. The molecule has 0 amide bonds. The summed E-state index contributed by atoms with van der Waals surface area (Å²) in [6.45, 7) is 2.39. The molecule has 0 heterocycles. The molecule has 2 nitrogen and oxygen atoms in total. The zero-order valence-corrected chi connectivity index (χ0v) is 10.1. The van der Waals surface area contributed by atoms with Crippen LogP contribution in [-0.4, -0.2) is 25.6 Å². The van der Waals surface area contributed by atoms with E-state index in [1.807, 2.05) is 0 Å². The van der Waals surface area contributed by atoms with Crippen LogP contribution in [0.25, 0.3) is 0 Å². The molecule has 102 valence electrons. The highest BCUT2D eigenvalue weighted by Crippen LogP contribution is 2.31. The number of hydrogen-bond donors (Lipinski definition) is 0. The molecule has 1 rings (SSSR count). The first-order valence-electron chi connectivity index (χ1n) is 5.39. The summed E-state index contributed by atoms with van der Waals surface area (Å²) in [6, 6.07) is 4.73. The van der Waals surface area contributed by atoms with Gasteiger partial charge in [0.25, 0.3) is 0 Å². The molecule has 1 aromatic rings. The summed E-state index contributed by atoms with van der Waals surface area (Å²) in [4.78, 5) is 0. The summed E-state index contributed by atoms with van der Waals surface area (Å²) in [5.41, 5.74) is 0.758. The number of alkyl halides is 4. The molecule has 0 atom stereocenters. The highest BCUT2D eigenvalue weighted by molar-refractivity contribution is 5.42. The standard InChI is InChI=1S/C12H14F4O2/c1-3-17-9-5-4-8(2)6-10(9)18-7-12(15,16)11(13)14/h4-6,11H,3,7H2,1-2H3. The molecule has 0 aromatic heterocycles. The first-order chi connectivity index (χ1) is 8.36. The maximum absolute atomic E-state index is 12.7. The van der Waals surface area contributed by atoms with Crippen LogP contribution in [0, 0.1) is 6.92 Å². The van der Waals surface area contributed by atoms with E-state index in [9.17, 15) is 17.6 Å². The molecule has 0 radical (unpaired) electrons. The Labute approximate surface area is 103 Å². The molecule has 6 heteroatoms. The maximum Gasteiger partial charge on any atom is 0.340 e. The van der Waals surface area contributed by atoms with Gasteiger partial charge in [-0.1, -0.05) is 6.07 Å². The third kappa shape index (κ3) is 3.78. The van der Waals surface area contributed by atoms with Crippen molar-refractivity contribution in [3.63, 3.8) is 0 Å². The fourth-order valence-electron chi connectivity index (χ4n) is 1.24. The van der Waals surface area contributed by atoms with E-state index >= 15 is 0 Å². The van der Waals surface area contributed by atoms with E-state index in [2.05, 4.69) is 0 Å². The largest absolute Gasteiger partial charge is 0.490 e. The Kier molecular flexibility index (Phi) is 4.81. The third-order valence-electron chi connectivity index (χ3n) is 2.14. The monoisotopic (exact) mass is 266 g/mol. The van der Waals surface area contributed by atoms with Gasteiger partial charge in [0, 0.05) is 0 Å². The molecule has 0 unspecified atom stereocenters. The fraction of sp³-hybridized carbons (Fsp3) is 0.500. The minimum Gasteiger partial charge on any atom is -0.490 e. The average Bonchev–Trinajstić information content (AvgIpc) is 2.29. The number of aryl methyl sites for hydroxylation is 1. The highest BCUT2D eigenvalue weighted by atomic mass is 19.3. The van der Waals surface area contributed by atoms with Crippen molar-refractivity contribution in [3.05, 3.63) is 23.8 Å². The van der Waals surface area contributed by atoms with Crippen molar-refractivity contribution in [2.45, 2.75) is 26.2 Å².